The highest BCUT2D eigenvalue weighted by Gasteiger charge is 2.59. The number of carbonyl (C=O) groups excluding carboxylic acids is 2. The highest BCUT2D eigenvalue weighted by atomic mass is 19.1. The van der Waals surface area contributed by atoms with E-state index in [1.165, 1.54) is 5.57 Å². The third-order valence-electron chi connectivity index (χ3n) is 7.33. The molecule has 4 aliphatic carbocycles. The van der Waals surface area contributed by atoms with Gasteiger partial charge in [0, 0.05) is 18.3 Å². The van der Waals surface area contributed by atoms with E-state index in [1.54, 1.807) is 0 Å². The third-order valence-corrected chi connectivity index (χ3v) is 7.33. The Morgan fingerprint density at radius 1 is 1.26 bits per heavy atom. The minimum absolute atomic E-state index is 0.201. The predicted octanol–water partition coefficient (Wildman–Crippen LogP) is 4.41. The molecule has 0 aromatic rings. The molecule has 3 heteroatoms. The molecular formula is C20H25FO2. The number of hydrogen-bond acceptors (Lipinski definition) is 2. The molecule has 0 aromatic heterocycles. The second kappa shape index (κ2) is 5.12. The molecule has 23 heavy (non-hydrogen) atoms. The van der Waals surface area contributed by atoms with Gasteiger partial charge in [0.1, 0.15) is 5.78 Å². The van der Waals surface area contributed by atoms with Crippen LogP contribution in [0.2, 0.25) is 0 Å². The van der Waals surface area contributed by atoms with Gasteiger partial charge < -0.3 is 0 Å². The first-order valence-electron chi connectivity index (χ1n) is 9.01. The van der Waals surface area contributed by atoms with Gasteiger partial charge in [0.15, 0.2) is 5.78 Å². The van der Waals surface area contributed by atoms with Gasteiger partial charge in [-0.05, 0) is 66.9 Å². The molecule has 0 heterocycles. The van der Waals surface area contributed by atoms with Gasteiger partial charge in [-0.3, -0.25) is 9.59 Å². The van der Waals surface area contributed by atoms with Gasteiger partial charge >= 0.3 is 0 Å². The van der Waals surface area contributed by atoms with E-state index in [-0.39, 0.29) is 17.1 Å². The number of Topliss-reactive ketones (excluding diaryl/α,β-unsaturated/α-hetero) is 1. The maximum atomic E-state index is 13.8. The normalized spacial score (nSPS) is 47.9. The first kappa shape index (κ1) is 15.3. The fraction of sp³-hybridized carbons (Fsp3) is 0.700. The van der Waals surface area contributed by atoms with E-state index in [1.807, 2.05) is 6.08 Å². The van der Waals surface area contributed by atoms with Crippen molar-refractivity contribution in [2.45, 2.75) is 52.4 Å². The zero-order valence-electron chi connectivity index (χ0n) is 14.0. The second-order valence-electron chi connectivity index (χ2n) is 8.46. The Kier molecular flexibility index (Phi) is 3.40. The van der Waals surface area contributed by atoms with Crippen molar-refractivity contribution in [2.75, 3.05) is 0 Å². The van der Waals surface area contributed by atoms with E-state index in [0.29, 0.717) is 48.7 Å². The molecule has 3 saturated carbocycles. The van der Waals surface area contributed by atoms with Gasteiger partial charge in [-0.1, -0.05) is 19.4 Å². The molecular weight excluding hydrogens is 291 g/mol. The lowest BCUT2D eigenvalue weighted by atomic mass is 9.48. The summed E-state index contributed by atoms with van der Waals surface area (Å²) in [5.41, 5.74) is 1.71. The highest BCUT2D eigenvalue weighted by Crippen LogP contribution is 2.63. The van der Waals surface area contributed by atoms with Crippen molar-refractivity contribution in [3.05, 3.63) is 23.6 Å². The van der Waals surface area contributed by atoms with Gasteiger partial charge in [0.25, 0.3) is 0 Å². The van der Waals surface area contributed by atoms with Crippen molar-refractivity contribution in [1.82, 2.24) is 0 Å². The Morgan fingerprint density at radius 3 is 2.78 bits per heavy atom. The van der Waals surface area contributed by atoms with Crippen LogP contribution in [0.4, 0.5) is 4.39 Å². The van der Waals surface area contributed by atoms with Crippen molar-refractivity contribution in [3.8, 4) is 0 Å². The van der Waals surface area contributed by atoms with Crippen LogP contribution in [0.25, 0.3) is 0 Å². The van der Waals surface area contributed by atoms with Crippen LogP contribution in [0.5, 0.6) is 0 Å². The lowest BCUT2D eigenvalue weighted by Gasteiger charge is -2.55. The fourth-order valence-corrected chi connectivity index (χ4v) is 6.37. The molecule has 0 saturated heterocycles. The summed E-state index contributed by atoms with van der Waals surface area (Å²) in [5.74, 6) is 2.26. The summed E-state index contributed by atoms with van der Waals surface area (Å²) >= 11 is 0. The maximum absolute atomic E-state index is 13.8. The third kappa shape index (κ3) is 2.04. The molecule has 0 N–H and O–H groups in total. The molecule has 6 atom stereocenters. The second-order valence-corrected chi connectivity index (χ2v) is 8.46. The highest BCUT2D eigenvalue weighted by molar-refractivity contribution is 5.91. The standard InChI is InChI=1S/C20H25FO2/c1-11-7-12-8-14(22)3-4-15(12)19-13(10-21)9-20(2)16(18(11)19)5-6-17(20)23/h8,10-11,15-16,18-19H,3-7,9H2,1-2H3/b13-10+/t11-,15+,16+,18+,19-,20+/m1/s1. The quantitative estimate of drug-likeness (QED) is 0.663. The van der Waals surface area contributed by atoms with Gasteiger partial charge in [-0.15, -0.1) is 0 Å². The number of rotatable bonds is 0. The van der Waals surface area contributed by atoms with Crippen LogP contribution in [-0.2, 0) is 9.59 Å². The lowest BCUT2D eigenvalue weighted by Crippen LogP contribution is -2.50. The van der Waals surface area contributed by atoms with Crippen molar-refractivity contribution in [2.24, 2.45) is 35.0 Å². The first-order valence-corrected chi connectivity index (χ1v) is 9.01. The van der Waals surface area contributed by atoms with Crippen LogP contribution in [-0.4, -0.2) is 11.6 Å². The SMILES string of the molecule is C[C@@H]1CC2=CC(=O)CC[C@@H]2[C@H]2/C(=C/F)C[C@]3(C)C(=O)CC[C@H]3[C@@H]21. The van der Waals surface area contributed by atoms with Crippen molar-refractivity contribution >= 4 is 11.6 Å². The Balaban J connectivity index is 1.80. The monoisotopic (exact) mass is 316 g/mol. The summed E-state index contributed by atoms with van der Waals surface area (Å²) in [5, 5.41) is 0. The Hall–Kier alpha value is -1.25. The topological polar surface area (TPSA) is 34.1 Å². The van der Waals surface area contributed by atoms with Crippen molar-refractivity contribution < 1.29 is 14.0 Å². The van der Waals surface area contributed by atoms with E-state index < -0.39 is 0 Å². The van der Waals surface area contributed by atoms with Gasteiger partial charge in [-0.25, -0.2) is 4.39 Å². The first-order chi connectivity index (χ1) is 11.0. The summed E-state index contributed by atoms with van der Waals surface area (Å²) in [6.07, 6.45) is 7.21. The average Bonchev–Trinajstić information content (AvgIpc) is 2.81. The summed E-state index contributed by atoms with van der Waals surface area (Å²) in [7, 11) is 0. The minimum atomic E-state index is -0.362. The van der Waals surface area contributed by atoms with E-state index in [9.17, 15) is 14.0 Å². The zero-order chi connectivity index (χ0) is 16.4. The molecule has 4 aliphatic rings. The molecule has 2 nitrogen and oxygen atoms in total. The fourth-order valence-electron chi connectivity index (χ4n) is 6.37. The number of hydrogen-bond donors (Lipinski definition) is 0. The summed E-state index contributed by atoms with van der Waals surface area (Å²) in [6, 6.07) is 0. The summed E-state index contributed by atoms with van der Waals surface area (Å²) in [6.45, 7) is 4.30. The van der Waals surface area contributed by atoms with Crippen LogP contribution in [0.15, 0.2) is 23.6 Å². The maximum Gasteiger partial charge on any atom is 0.155 e. The number of fused-ring (bicyclic) bond motifs is 5. The molecule has 0 amide bonds. The molecule has 124 valence electrons. The van der Waals surface area contributed by atoms with Crippen molar-refractivity contribution in [3.63, 3.8) is 0 Å². The zero-order valence-corrected chi connectivity index (χ0v) is 14.0. The van der Waals surface area contributed by atoms with Crippen LogP contribution >= 0.6 is 0 Å². The molecule has 0 radical (unpaired) electrons. The molecule has 3 fully saturated rings. The summed E-state index contributed by atoms with van der Waals surface area (Å²) in [4.78, 5) is 24.3. The number of carbonyl (C=O) groups is 2. The van der Waals surface area contributed by atoms with Crippen molar-refractivity contribution in [1.29, 1.82) is 0 Å². The van der Waals surface area contributed by atoms with E-state index in [0.717, 1.165) is 31.2 Å². The molecule has 0 bridgehead atoms. The van der Waals surface area contributed by atoms with E-state index >= 15 is 0 Å². The van der Waals surface area contributed by atoms with Crippen LogP contribution in [0, 0.1) is 35.0 Å². The molecule has 0 unspecified atom stereocenters. The van der Waals surface area contributed by atoms with Crippen LogP contribution in [0.3, 0.4) is 0 Å². The molecule has 0 aliphatic heterocycles. The average molecular weight is 316 g/mol. The number of allylic oxidation sites excluding steroid dienone is 2. The van der Waals surface area contributed by atoms with Gasteiger partial charge in [-0.2, -0.15) is 0 Å². The largest absolute Gasteiger partial charge is 0.299 e. The van der Waals surface area contributed by atoms with E-state index in [2.05, 4.69) is 13.8 Å². The van der Waals surface area contributed by atoms with Gasteiger partial charge in [0.2, 0.25) is 0 Å². The molecule has 0 spiro atoms. The smallest absolute Gasteiger partial charge is 0.155 e. The molecule has 4 rings (SSSR count). The van der Waals surface area contributed by atoms with Gasteiger partial charge in [0.05, 0.1) is 6.33 Å². The minimum Gasteiger partial charge on any atom is -0.299 e. The number of halogens is 1. The summed E-state index contributed by atoms with van der Waals surface area (Å²) < 4.78 is 13.8. The Morgan fingerprint density at radius 2 is 2.04 bits per heavy atom. The lowest BCUT2D eigenvalue weighted by molar-refractivity contribution is -0.129. The van der Waals surface area contributed by atoms with Crippen LogP contribution in [0.1, 0.15) is 52.4 Å². The predicted molar refractivity (Wildman–Crippen MR) is 86.2 cm³/mol. The Bertz CT molecular complexity index is 632. The van der Waals surface area contributed by atoms with Crippen LogP contribution < -0.4 is 0 Å². The van der Waals surface area contributed by atoms with E-state index in [4.69, 9.17) is 0 Å². The molecule has 0 aromatic carbocycles. The number of ketones is 2. The Labute approximate surface area is 137 Å².